The van der Waals surface area contributed by atoms with Crippen LogP contribution in [0.25, 0.3) is 0 Å². The zero-order valence-electron chi connectivity index (χ0n) is 7.46. The van der Waals surface area contributed by atoms with Gasteiger partial charge in [0.1, 0.15) is 0 Å². The Hall–Kier alpha value is -1.73. The van der Waals surface area contributed by atoms with Gasteiger partial charge in [-0.3, -0.25) is 0 Å². The Bertz CT molecular complexity index is 363. The highest BCUT2D eigenvalue weighted by Gasteiger charge is 2.34. The quantitative estimate of drug-likeness (QED) is 0.831. The standard InChI is InChI=1S/C8H5F5O3/c9-7(10)15-5-3-1-2-4(14)6(5)16-8(11,12)13/h1-3,7,14H. The van der Waals surface area contributed by atoms with E-state index in [-0.39, 0.29) is 0 Å². The van der Waals surface area contributed by atoms with E-state index in [1.807, 2.05) is 0 Å². The first-order valence-electron chi connectivity index (χ1n) is 3.82. The fourth-order valence-corrected chi connectivity index (χ4v) is 0.911. The molecule has 0 atom stereocenters. The summed E-state index contributed by atoms with van der Waals surface area (Å²) in [5.41, 5.74) is 0. The minimum atomic E-state index is -5.11. The zero-order valence-corrected chi connectivity index (χ0v) is 7.46. The molecular formula is C8H5F5O3. The average Bonchev–Trinajstić information content (AvgIpc) is 2.08. The van der Waals surface area contributed by atoms with Crippen LogP contribution in [0, 0.1) is 0 Å². The summed E-state index contributed by atoms with van der Waals surface area (Å²) in [5.74, 6) is -3.04. The van der Waals surface area contributed by atoms with E-state index in [1.165, 1.54) is 0 Å². The molecule has 0 saturated heterocycles. The summed E-state index contributed by atoms with van der Waals surface area (Å²) in [5, 5.41) is 9.02. The lowest BCUT2D eigenvalue weighted by atomic mass is 10.3. The summed E-state index contributed by atoms with van der Waals surface area (Å²) in [7, 11) is 0. The lowest BCUT2D eigenvalue weighted by molar-refractivity contribution is -0.276. The highest BCUT2D eigenvalue weighted by molar-refractivity contribution is 5.50. The van der Waals surface area contributed by atoms with Crippen LogP contribution in [0.4, 0.5) is 22.0 Å². The van der Waals surface area contributed by atoms with Gasteiger partial charge in [0, 0.05) is 0 Å². The van der Waals surface area contributed by atoms with Crippen molar-refractivity contribution in [1.29, 1.82) is 0 Å². The predicted octanol–water partition coefficient (Wildman–Crippen LogP) is 2.89. The van der Waals surface area contributed by atoms with Crippen LogP contribution in [0.5, 0.6) is 17.2 Å². The van der Waals surface area contributed by atoms with Crippen LogP contribution in [0.1, 0.15) is 0 Å². The molecular weight excluding hydrogens is 239 g/mol. The van der Waals surface area contributed by atoms with E-state index in [1.54, 1.807) is 0 Å². The average molecular weight is 244 g/mol. The summed E-state index contributed by atoms with van der Waals surface area (Å²) in [6.45, 7) is -3.32. The minimum absolute atomic E-state index is 0.812. The molecule has 0 heterocycles. The molecule has 0 spiro atoms. The van der Waals surface area contributed by atoms with Crippen molar-refractivity contribution in [3.05, 3.63) is 18.2 Å². The Balaban J connectivity index is 3.03. The van der Waals surface area contributed by atoms with Crippen molar-refractivity contribution in [3.63, 3.8) is 0 Å². The molecule has 0 unspecified atom stereocenters. The molecule has 0 aromatic heterocycles. The van der Waals surface area contributed by atoms with Gasteiger partial charge >= 0.3 is 13.0 Å². The first-order chi connectivity index (χ1) is 7.29. The second kappa shape index (κ2) is 4.42. The lowest BCUT2D eigenvalue weighted by Crippen LogP contribution is -2.18. The summed E-state index contributed by atoms with van der Waals surface area (Å²) in [6, 6.07) is 2.70. The Morgan fingerprint density at radius 3 is 2.31 bits per heavy atom. The number of hydrogen-bond acceptors (Lipinski definition) is 3. The second-order valence-corrected chi connectivity index (χ2v) is 2.53. The highest BCUT2D eigenvalue weighted by atomic mass is 19.4. The summed E-state index contributed by atoms with van der Waals surface area (Å²) in [4.78, 5) is 0. The second-order valence-electron chi connectivity index (χ2n) is 2.53. The van der Waals surface area contributed by atoms with Gasteiger partial charge in [-0.2, -0.15) is 8.78 Å². The van der Waals surface area contributed by atoms with Gasteiger partial charge in [0.25, 0.3) is 0 Å². The van der Waals surface area contributed by atoms with Crippen molar-refractivity contribution in [2.24, 2.45) is 0 Å². The molecule has 0 radical (unpaired) electrons. The van der Waals surface area contributed by atoms with Crippen LogP contribution in [-0.2, 0) is 0 Å². The molecule has 0 aliphatic heterocycles. The number of phenols is 1. The van der Waals surface area contributed by atoms with Gasteiger partial charge in [-0.05, 0) is 12.1 Å². The third kappa shape index (κ3) is 3.44. The maximum absolute atomic E-state index is 11.9. The zero-order chi connectivity index (χ0) is 12.3. The maximum atomic E-state index is 11.9. The number of hydrogen-bond donors (Lipinski definition) is 1. The van der Waals surface area contributed by atoms with E-state index in [4.69, 9.17) is 5.11 Å². The van der Waals surface area contributed by atoms with Crippen LogP contribution in [-0.4, -0.2) is 18.1 Å². The van der Waals surface area contributed by atoms with Gasteiger partial charge in [-0.25, -0.2) is 0 Å². The molecule has 0 amide bonds. The number of para-hydroxylation sites is 1. The largest absolute Gasteiger partial charge is 0.573 e. The van der Waals surface area contributed by atoms with E-state index in [0.717, 1.165) is 18.2 Å². The van der Waals surface area contributed by atoms with Gasteiger partial charge in [0.15, 0.2) is 11.5 Å². The first-order valence-corrected chi connectivity index (χ1v) is 3.82. The number of aromatic hydroxyl groups is 1. The van der Waals surface area contributed by atoms with Crippen molar-refractivity contribution in [1.82, 2.24) is 0 Å². The topological polar surface area (TPSA) is 38.7 Å². The Kier molecular flexibility index (Phi) is 3.41. The van der Waals surface area contributed by atoms with Gasteiger partial charge < -0.3 is 14.6 Å². The van der Waals surface area contributed by atoms with Crippen LogP contribution in [0.15, 0.2) is 18.2 Å². The molecule has 0 fully saturated rings. The lowest BCUT2D eigenvalue weighted by Gasteiger charge is -2.14. The third-order valence-corrected chi connectivity index (χ3v) is 1.39. The van der Waals surface area contributed by atoms with E-state index in [9.17, 15) is 22.0 Å². The minimum Gasteiger partial charge on any atom is -0.504 e. The molecule has 8 heteroatoms. The van der Waals surface area contributed by atoms with E-state index >= 15 is 0 Å². The molecule has 1 N–H and O–H groups in total. The molecule has 0 bridgehead atoms. The molecule has 0 aliphatic rings. The Morgan fingerprint density at radius 1 is 1.19 bits per heavy atom. The molecule has 1 aromatic carbocycles. The van der Waals surface area contributed by atoms with Crippen molar-refractivity contribution in [2.75, 3.05) is 0 Å². The monoisotopic (exact) mass is 244 g/mol. The number of benzene rings is 1. The molecule has 1 aromatic rings. The molecule has 1 rings (SSSR count). The van der Waals surface area contributed by atoms with Gasteiger partial charge in [-0.15, -0.1) is 13.2 Å². The fourth-order valence-electron chi connectivity index (χ4n) is 0.911. The Morgan fingerprint density at radius 2 is 1.81 bits per heavy atom. The number of halogens is 5. The van der Waals surface area contributed by atoms with Crippen molar-refractivity contribution < 1.29 is 36.5 Å². The summed E-state index contributed by atoms with van der Waals surface area (Å²) < 4.78 is 66.3. The molecule has 3 nitrogen and oxygen atoms in total. The Labute approximate surface area is 86.0 Å². The normalized spacial score (nSPS) is 11.6. The summed E-state index contributed by atoms with van der Waals surface area (Å²) in [6.07, 6.45) is -5.11. The van der Waals surface area contributed by atoms with Gasteiger partial charge in [-0.1, -0.05) is 6.07 Å². The summed E-state index contributed by atoms with van der Waals surface area (Å²) >= 11 is 0. The smallest absolute Gasteiger partial charge is 0.504 e. The van der Waals surface area contributed by atoms with E-state index in [2.05, 4.69) is 9.47 Å². The fraction of sp³-hybridized carbons (Fsp3) is 0.250. The van der Waals surface area contributed by atoms with Crippen LogP contribution in [0.2, 0.25) is 0 Å². The molecule has 0 aliphatic carbocycles. The first kappa shape index (κ1) is 12.3. The van der Waals surface area contributed by atoms with Crippen LogP contribution < -0.4 is 9.47 Å². The van der Waals surface area contributed by atoms with Crippen LogP contribution >= 0.6 is 0 Å². The van der Waals surface area contributed by atoms with Gasteiger partial charge in [0.2, 0.25) is 5.75 Å². The number of rotatable bonds is 3. The van der Waals surface area contributed by atoms with Gasteiger partial charge in [0.05, 0.1) is 0 Å². The SMILES string of the molecule is Oc1cccc(OC(F)F)c1OC(F)(F)F. The van der Waals surface area contributed by atoms with E-state index in [0.29, 0.717) is 0 Å². The number of alkyl halides is 5. The number of ether oxygens (including phenoxy) is 2. The molecule has 0 saturated carbocycles. The number of phenolic OH excluding ortho intramolecular Hbond substituents is 1. The highest BCUT2D eigenvalue weighted by Crippen LogP contribution is 2.40. The van der Waals surface area contributed by atoms with Crippen LogP contribution in [0.3, 0.4) is 0 Å². The van der Waals surface area contributed by atoms with Crippen molar-refractivity contribution in [2.45, 2.75) is 13.0 Å². The van der Waals surface area contributed by atoms with Crippen molar-refractivity contribution >= 4 is 0 Å². The maximum Gasteiger partial charge on any atom is 0.573 e. The van der Waals surface area contributed by atoms with Crippen molar-refractivity contribution in [3.8, 4) is 17.2 Å². The molecule has 16 heavy (non-hydrogen) atoms. The predicted molar refractivity (Wildman–Crippen MR) is 41.4 cm³/mol. The molecule has 90 valence electrons. The van der Waals surface area contributed by atoms with E-state index < -0.39 is 30.2 Å². The third-order valence-electron chi connectivity index (χ3n) is 1.39.